The Balaban J connectivity index is 4.12. The second-order valence-corrected chi connectivity index (χ2v) is 6.33. The average molecular weight is 365 g/mol. The van der Waals surface area contributed by atoms with Crippen molar-refractivity contribution in [3.05, 3.63) is 0 Å². The molecule has 7 heteroatoms. The third kappa shape index (κ3) is 14.6. The van der Waals surface area contributed by atoms with Crippen LogP contribution < -0.4 is 11.1 Å². The fourth-order valence-corrected chi connectivity index (χ4v) is 2.52. The van der Waals surface area contributed by atoms with Gasteiger partial charge in [0.15, 0.2) is 0 Å². The molecule has 0 fully saturated rings. The smallest absolute Gasteiger partial charge is 0.0701 e. The predicted octanol–water partition coefficient (Wildman–Crippen LogP) is 0.664. The van der Waals surface area contributed by atoms with Crippen molar-refractivity contribution in [3.63, 3.8) is 0 Å². The van der Waals surface area contributed by atoms with Gasteiger partial charge in [-0.05, 0) is 32.6 Å². The van der Waals surface area contributed by atoms with Gasteiger partial charge < -0.3 is 35.5 Å². The minimum absolute atomic E-state index is 0.0251. The van der Waals surface area contributed by atoms with Crippen molar-refractivity contribution in [1.82, 2.24) is 5.32 Å². The molecule has 25 heavy (non-hydrogen) atoms. The zero-order valence-electron chi connectivity index (χ0n) is 16.3. The lowest BCUT2D eigenvalue weighted by molar-refractivity contribution is -0.0485. The van der Waals surface area contributed by atoms with Crippen LogP contribution in [0.3, 0.4) is 0 Å². The number of aliphatic hydroxyl groups is 2. The highest BCUT2D eigenvalue weighted by atomic mass is 16.5. The molecule has 0 saturated carbocycles. The lowest BCUT2D eigenvalue weighted by atomic mass is 10.0. The van der Waals surface area contributed by atoms with Gasteiger partial charge in [-0.2, -0.15) is 0 Å². The van der Waals surface area contributed by atoms with E-state index in [0.29, 0.717) is 39.5 Å². The predicted molar refractivity (Wildman–Crippen MR) is 99.7 cm³/mol. The molecule has 152 valence electrons. The third-order valence-electron chi connectivity index (χ3n) is 4.02. The SMILES string of the molecule is CCC(O)CNCCOC(C)CC(CC(CC)OCCO)OCCN. The van der Waals surface area contributed by atoms with Crippen LogP contribution in [0.25, 0.3) is 0 Å². The highest BCUT2D eigenvalue weighted by Gasteiger charge is 2.19. The molecule has 0 aliphatic heterocycles. The fraction of sp³-hybridized carbons (Fsp3) is 1.00. The zero-order valence-corrected chi connectivity index (χ0v) is 16.3. The average Bonchev–Trinajstić information content (AvgIpc) is 2.62. The van der Waals surface area contributed by atoms with E-state index in [1.807, 2.05) is 13.8 Å². The second-order valence-electron chi connectivity index (χ2n) is 6.33. The van der Waals surface area contributed by atoms with Crippen molar-refractivity contribution in [1.29, 1.82) is 0 Å². The molecule has 0 spiro atoms. The first kappa shape index (κ1) is 24.7. The summed E-state index contributed by atoms with van der Waals surface area (Å²) >= 11 is 0. The summed E-state index contributed by atoms with van der Waals surface area (Å²) in [6.45, 7) is 9.36. The van der Waals surface area contributed by atoms with E-state index in [4.69, 9.17) is 25.1 Å². The number of ether oxygens (including phenoxy) is 3. The molecule has 0 bridgehead atoms. The Bertz CT molecular complexity index is 284. The van der Waals surface area contributed by atoms with Crippen LogP contribution >= 0.6 is 0 Å². The molecule has 0 saturated heterocycles. The van der Waals surface area contributed by atoms with Gasteiger partial charge in [-0.25, -0.2) is 0 Å². The van der Waals surface area contributed by atoms with E-state index in [1.54, 1.807) is 0 Å². The van der Waals surface area contributed by atoms with E-state index < -0.39 is 0 Å². The number of aliphatic hydroxyl groups excluding tert-OH is 2. The monoisotopic (exact) mass is 364 g/mol. The largest absolute Gasteiger partial charge is 0.394 e. The van der Waals surface area contributed by atoms with Crippen molar-refractivity contribution in [2.45, 2.75) is 70.9 Å². The van der Waals surface area contributed by atoms with E-state index in [-0.39, 0.29) is 31.0 Å². The Labute approximate surface area is 153 Å². The number of hydrogen-bond donors (Lipinski definition) is 4. The van der Waals surface area contributed by atoms with Gasteiger partial charge in [0.2, 0.25) is 0 Å². The van der Waals surface area contributed by atoms with Gasteiger partial charge in [0, 0.05) is 19.6 Å². The van der Waals surface area contributed by atoms with Gasteiger partial charge in [0.05, 0.1) is 50.8 Å². The molecule has 5 N–H and O–H groups in total. The van der Waals surface area contributed by atoms with Crippen LogP contribution in [0.5, 0.6) is 0 Å². The Morgan fingerprint density at radius 2 is 1.68 bits per heavy atom. The third-order valence-corrected chi connectivity index (χ3v) is 4.02. The summed E-state index contributed by atoms with van der Waals surface area (Å²) in [5, 5.41) is 21.6. The summed E-state index contributed by atoms with van der Waals surface area (Å²) in [5.41, 5.74) is 5.55. The molecular weight excluding hydrogens is 324 g/mol. The number of nitrogens with one attached hydrogen (secondary N) is 1. The molecule has 0 aromatic carbocycles. The normalized spacial score (nSPS) is 16.6. The minimum Gasteiger partial charge on any atom is -0.394 e. The summed E-state index contributed by atoms with van der Waals surface area (Å²) in [6, 6.07) is 0. The molecule has 0 rings (SSSR count). The van der Waals surface area contributed by atoms with Gasteiger partial charge in [0.25, 0.3) is 0 Å². The number of nitrogens with two attached hydrogens (primary N) is 1. The van der Waals surface area contributed by atoms with Crippen molar-refractivity contribution < 1.29 is 24.4 Å². The summed E-state index contributed by atoms with van der Waals surface area (Å²) in [7, 11) is 0. The van der Waals surface area contributed by atoms with Crippen LogP contribution in [-0.2, 0) is 14.2 Å². The molecule has 0 aromatic heterocycles. The van der Waals surface area contributed by atoms with Gasteiger partial charge in [0.1, 0.15) is 0 Å². The van der Waals surface area contributed by atoms with E-state index >= 15 is 0 Å². The molecule has 0 aromatic rings. The maximum Gasteiger partial charge on any atom is 0.0701 e. The van der Waals surface area contributed by atoms with Gasteiger partial charge in [-0.1, -0.05) is 13.8 Å². The molecule has 0 aliphatic rings. The summed E-state index contributed by atoms with van der Waals surface area (Å²) in [4.78, 5) is 0. The van der Waals surface area contributed by atoms with Crippen LogP contribution in [0.4, 0.5) is 0 Å². The first-order chi connectivity index (χ1) is 12.1. The van der Waals surface area contributed by atoms with Crippen LogP contribution in [0, 0.1) is 0 Å². The Kier molecular flexibility index (Phi) is 17.0. The number of hydrogen-bond acceptors (Lipinski definition) is 7. The summed E-state index contributed by atoms with van der Waals surface area (Å²) in [5.74, 6) is 0. The molecule has 7 nitrogen and oxygen atoms in total. The summed E-state index contributed by atoms with van der Waals surface area (Å²) < 4.78 is 17.3. The maximum absolute atomic E-state index is 9.48. The van der Waals surface area contributed by atoms with Crippen molar-refractivity contribution in [2.24, 2.45) is 5.73 Å². The molecular formula is C18H40N2O5. The molecule has 0 amide bonds. The van der Waals surface area contributed by atoms with Crippen molar-refractivity contribution >= 4 is 0 Å². The molecule has 0 heterocycles. The van der Waals surface area contributed by atoms with Crippen molar-refractivity contribution in [2.75, 3.05) is 46.1 Å². The molecule has 4 atom stereocenters. The van der Waals surface area contributed by atoms with E-state index in [9.17, 15) is 5.11 Å². The molecule has 0 aliphatic carbocycles. The fourth-order valence-electron chi connectivity index (χ4n) is 2.52. The van der Waals surface area contributed by atoms with E-state index in [1.165, 1.54) is 0 Å². The van der Waals surface area contributed by atoms with E-state index in [2.05, 4.69) is 12.2 Å². The van der Waals surface area contributed by atoms with Gasteiger partial charge >= 0.3 is 0 Å². The lowest BCUT2D eigenvalue weighted by Gasteiger charge is -2.26. The topological polar surface area (TPSA) is 106 Å². The Hall–Kier alpha value is -0.280. The number of rotatable bonds is 18. The highest BCUT2D eigenvalue weighted by molar-refractivity contribution is 4.70. The maximum atomic E-state index is 9.48. The Morgan fingerprint density at radius 3 is 2.28 bits per heavy atom. The van der Waals surface area contributed by atoms with E-state index in [0.717, 1.165) is 25.7 Å². The van der Waals surface area contributed by atoms with Gasteiger partial charge in [-0.3, -0.25) is 0 Å². The standard InChI is InChI=1S/C18H40N2O5/c1-4-16(22)14-20-7-10-23-15(3)12-18(24-9-6-19)13-17(5-2)25-11-8-21/h15-18,20-22H,4-14,19H2,1-3H3. The van der Waals surface area contributed by atoms with Gasteiger partial charge in [-0.15, -0.1) is 0 Å². The van der Waals surface area contributed by atoms with Crippen LogP contribution in [0.1, 0.15) is 46.5 Å². The second kappa shape index (κ2) is 17.1. The highest BCUT2D eigenvalue weighted by Crippen LogP contribution is 2.16. The first-order valence-electron chi connectivity index (χ1n) is 9.61. The van der Waals surface area contributed by atoms with Crippen LogP contribution in [0.15, 0.2) is 0 Å². The quantitative estimate of drug-likeness (QED) is 0.265. The van der Waals surface area contributed by atoms with Crippen LogP contribution in [0.2, 0.25) is 0 Å². The first-order valence-corrected chi connectivity index (χ1v) is 9.61. The lowest BCUT2D eigenvalue weighted by Crippen LogP contribution is -2.32. The molecule has 4 unspecified atom stereocenters. The minimum atomic E-state index is -0.295. The van der Waals surface area contributed by atoms with Crippen molar-refractivity contribution in [3.8, 4) is 0 Å². The van der Waals surface area contributed by atoms with Crippen LogP contribution in [-0.4, -0.2) is 80.7 Å². The molecule has 0 radical (unpaired) electrons. The zero-order chi connectivity index (χ0) is 18.9. The Morgan fingerprint density at radius 1 is 0.960 bits per heavy atom. The summed E-state index contributed by atoms with van der Waals surface area (Å²) in [6.07, 6.45) is 3.04.